The van der Waals surface area contributed by atoms with Crippen molar-refractivity contribution in [2.75, 3.05) is 0 Å². The molecule has 0 bridgehead atoms. The highest BCUT2D eigenvalue weighted by molar-refractivity contribution is 6.29. The van der Waals surface area contributed by atoms with Gasteiger partial charge in [0.1, 0.15) is 11.0 Å². The molecular weight excluding hydrogens is 160 g/mol. The first-order chi connectivity index (χ1) is 5.11. The molecule has 0 aliphatic carbocycles. The number of halogens is 1. The maximum Gasteiger partial charge on any atom is 0.128 e. The van der Waals surface area contributed by atoms with Crippen molar-refractivity contribution in [3.05, 3.63) is 17.2 Å². The number of imidazole rings is 1. The zero-order valence-corrected chi connectivity index (χ0v) is 7.89. The van der Waals surface area contributed by atoms with Gasteiger partial charge in [0.25, 0.3) is 0 Å². The van der Waals surface area contributed by atoms with Crippen LogP contribution >= 0.6 is 11.6 Å². The minimum atomic E-state index is 0.632. The van der Waals surface area contributed by atoms with E-state index in [0.29, 0.717) is 11.1 Å². The van der Waals surface area contributed by atoms with Crippen LogP contribution in [-0.2, 0) is 13.5 Å². The number of aromatic nitrogens is 2. The summed E-state index contributed by atoms with van der Waals surface area (Å²) in [5, 5.41) is 0.709. The fourth-order valence-corrected chi connectivity index (χ4v) is 1.13. The molecule has 11 heavy (non-hydrogen) atoms. The van der Waals surface area contributed by atoms with Crippen molar-refractivity contribution in [3.63, 3.8) is 0 Å². The van der Waals surface area contributed by atoms with Crippen molar-refractivity contribution in [1.82, 2.24) is 9.55 Å². The Hall–Kier alpha value is -0.500. The fraction of sp³-hybridized carbons (Fsp3) is 0.625. The average Bonchev–Trinajstić information content (AvgIpc) is 2.18. The molecule has 0 aliphatic heterocycles. The van der Waals surface area contributed by atoms with E-state index < -0.39 is 0 Å². The second-order valence-electron chi connectivity index (χ2n) is 3.15. The second-order valence-corrected chi connectivity index (χ2v) is 3.54. The Bertz CT molecular complexity index is 240. The molecule has 2 nitrogen and oxygen atoms in total. The molecule has 0 saturated carbocycles. The lowest BCUT2D eigenvalue weighted by Gasteiger charge is -2.04. The number of hydrogen-bond acceptors (Lipinski definition) is 1. The second kappa shape index (κ2) is 3.26. The third-order valence-electron chi connectivity index (χ3n) is 1.62. The van der Waals surface area contributed by atoms with Crippen molar-refractivity contribution in [2.24, 2.45) is 13.0 Å². The first-order valence-electron chi connectivity index (χ1n) is 3.77. The summed E-state index contributed by atoms with van der Waals surface area (Å²) in [6.45, 7) is 4.34. The monoisotopic (exact) mass is 172 g/mol. The predicted molar refractivity (Wildman–Crippen MR) is 46.8 cm³/mol. The molecule has 0 amide bonds. The van der Waals surface area contributed by atoms with Gasteiger partial charge < -0.3 is 4.57 Å². The molecule has 0 aromatic carbocycles. The van der Waals surface area contributed by atoms with Crippen LogP contribution in [0.25, 0.3) is 0 Å². The predicted octanol–water partition coefficient (Wildman–Crippen LogP) is 2.27. The molecule has 1 rings (SSSR count). The Morgan fingerprint density at radius 2 is 2.27 bits per heavy atom. The largest absolute Gasteiger partial charge is 0.322 e. The molecule has 1 aromatic rings. The van der Waals surface area contributed by atoms with Crippen LogP contribution < -0.4 is 0 Å². The van der Waals surface area contributed by atoms with Crippen molar-refractivity contribution < 1.29 is 0 Å². The lowest BCUT2D eigenvalue weighted by molar-refractivity contribution is 0.602. The molecule has 0 atom stereocenters. The van der Waals surface area contributed by atoms with E-state index >= 15 is 0 Å². The Balaban J connectivity index is 2.79. The molecule has 0 aliphatic rings. The Kier molecular flexibility index (Phi) is 2.55. The molecule has 62 valence electrons. The lowest BCUT2D eigenvalue weighted by atomic mass is 10.1. The number of hydrogen-bond donors (Lipinski definition) is 0. The SMILES string of the molecule is CC(C)Cc1ncc(Cl)n1C. The molecular formula is C8H13ClN2. The standard InChI is InChI=1S/C8H13ClN2/c1-6(2)4-8-10-5-7(9)11(8)3/h5-6H,4H2,1-3H3. The minimum absolute atomic E-state index is 0.632. The summed E-state index contributed by atoms with van der Waals surface area (Å²) in [6, 6.07) is 0. The summed E-state index contributed by atoms with van der Waals surface area (Å²) in [5.41, 5.74) is 0. The summed E-state index contributed by atoms with van der Waals surface area (Å²) < 4.78 is 1.92. The van der Waals surface area contributed by atoms with Crippen molar-refractivity contribution in [1.29, 1.82) is 0 Å². The van der Waals surface area contributed by atoms with Crippen LogP contribution in [0.3, 0.4) is 0 Å². The van der Waals surface area contributed by atoms with Gasteiger partial charge in [0, 0.05) is 13.5 Å². The Morgan fingerprint density at radius 3 is 2.64 bits per heavy atom. The summed E-state index contributed by atoms with van der Waals surface area (Å²) in [5.74, 6) is 1.69. The van der Waals surface area contributed by atoms with E-state index in [1.165, 1.54) is 0 Å². The van der Waals surface area contributed by atoms with Gasteiger partial charge in [-0.05, 0) is 5.92 Å². The van der Waals surface area contributed by atoms with Crippen LogP contribution in [0.1, 0.15) is 19.7 Å². The van der Waals surface area contributed by atoms with E-state index in [2.05, 4.69) is 18.8 Å². The fourth-order valence-electron chi connectivity index (χ4n) is 0.979. The van der Waals surface area contributed by atoms with Gasteiger partial charge in [0.05, 0.1) is 6.20 Å². The quantitative estimate of drug-likeness (QED) is 0.669. The molecule has 0 spiro atoms. The zero-order chi connectivity index (χ0) is 8.43. The van der Waals surface area contributed by atoms with Crippen molar-refractivity contribution in [3.8, 4) is 0 Å². The molecule has 1 heterocycles. The Labute approximate surface area is 72.2 Å². The maximum absolute atomic E-state index is 5.81. The third kappa shape index (κ3) is 1.96. The molecule has 0 saturated heterocycles. The van der Waals surface area contributed by atoms with E-state index in [1.54, 1.807) is 6.20 Å². The number of nitrogens with zero attached hydrogens (tertiary/aromatic N) is 2. The Morgan fingerprint density at radius 1 is 1.64 bits per heavy atom. The van der Waals surface area contributed by atoms with Gasteiger partial charge >= 0.3 is 0 Å². The van der Waals surface area contributed by atoms with Crippen LogP contribution in [0, 0.1) is 5.92 Å². The van der Waals surface area contributed by atoms with E-state index in [-0.39, 0.29) is 0 Å². The summed E-state index contributed by atoms with van der Waals surface area (Å²) >= 11 is 5.81. The molecule has 1 aromatic heterocycles. The lowest BCUT2D eigenvalue weighted by Crippen LogP contribution is -2.02. The summed E-state index contributed by atoms with van der Waals surface area (Å²) in [4.78, 5) is 4.19. The third-order valence-corrected chi connectivity index (χ3v) is 1.97. The van der Waals surface area contributed by atoms with Gasteiger partial charge in [-0.15, -0.1) is 0 Å². The highest BCUT2D eigenvalue weighted by Gasteiger charge is 2.05. The van der Waals surface area contributed by atoms with Gasteiger partial charge in [0.15, 0.2) is 0 Å². The topological polar surface area (TPSA) is 17.8 Å². The van der Waals surface area contributed by atoms with Crippen LogP contribution in [0.5, 0.6) is 0 Å². The molecule has 0 fully saturated rings. The molecule has 0 unspecified atom stereocenters. The van der Waals surface area contributed by atoms with Gasteiger partial charge in [-0.2, -0.15) is 0 Å². The van der Waals surface area contributed by atoms with Crippen LogP contribution in [0.2, 0.25) is 5.15 Å². The zero-order valence-electron chi connectivity index (χ0n) is 7.13. The smallest absolute Gasteiger partial charge is 0.128 e. The van der Waals surface area contributed by atoms with E-state index in [9.17, 15) is 0 Å². The molecule has 0 N–H and O–H groups in total. The van der Waals surface area contributed by atoms with Gasteiger partial charge in [-0.25, -0.2) is 4.98 Å². The van der Waals surface area contributed by atoms with Crippen molar-refractivity contribution >= 4 is 11.6 Å². The van der Waals surface area contributed by atoms with E-state index in [0.717, 1.165) is 12.2 Å². The van der Waals surface area contributed by atoms with Gasteiger partial charge in [-0.1, -0.05) is 25.4 Å². The first kappa shape index (κ1) is 8.60. The van der Waals surface area contributed by atoms with Crippen LogP contribution in [0.15, 0.2) is 6.20 Å². The van der Waals surface area contributed by atoms with Gasteiger partial charge in [0.2, 0.25) is 0 Å². The van der Waals surface area contributed by atoms with E-state index in [4.69, 9.17) is 11.6 Å². The van der Waals surface area contributed by atoms with Crippen LogP contribution in [-0.4, -0.2) is 9.55 Å². The normalized spacial score (nSPS) is 11.0. The summed E-state index contributed by atoms with van der Waals surface area (Å²) in [6.07, 6.45) is 2.68. The maximum atomic E-state index is 5.81. The minimum Gasteiger partial charge on any atom is -0.322 e. The molecule has 0 radical (unpaired) electrons. The average molecular weight is 173 g/mol. The highest BCUT2D eigenvalue weighted by Crippen LogP contribution is 2.12. The first-order valence-corrected chi connectivity index (χ1v) is 4.15. The number of rotatable bonds is 2. The van der Waals surface area contributed by atoms with Gasteiger partial charge in [-0.3, -0.25) is 0 Å². The highest BCUT2D eigenvalue weighted by atomic mass is 35.5. The summed E-state index contributed by atoms with van der Waals surface area (Å²) in [7, 11) is 1.94. The van der Waals surface area contributed by atoms with E-state index in [1.807, 2.05) is 11.6 Å². The van der Waals surface area contributed by atoms with Crippen molar-refractivity contribution in [2.45, 2.75) is 20.3 Å². The van der Waals surface area contributed by atoms with Crippen LogP contribution in [0.4, 0.5) is 0 Å². The molecule has 3 heteroatoms.